The monoisotopic (exact) mass is 463 g/mol. The Morgan fingerprint density at radius 2 is 1.77 bits per heavy atom. The van der Waals surface area contributed by atoms with Gasteiger partial charge in [-0.15, -0.1) is 12.4 Å². The minimum Gasteiger partial charge on any atom is -0.333 e. The Labute approximate surface area is 179 Å². The minimum absolute atomic E-state index is 0. The van der Waals surface area contributed by atoms with Crippen molar-refractivity contribution in [3.63, 3.8) is 0 Å². The Hall–Kier alpha value is -2.17. The topological polar surface area (TPSA) is 70.6 Å². The van der Waals surface area contributed by atoms with Crippen LogP contribution in [0.4, 0.5) is 13.2 Å². The third-order valence-corrected chi connectivity index (χ3v) is 6.79. The second kappa shape index (κ2) is 8.91. The molecule has 1 saturated heterocycles. The smallest absolute Gasteiger partial charge is 0.333 e. The van der Waals surface area contributed by atoms with E-state index < -0.39 is 27.8 Å². The summed E-state index contributed by atoms with van der Waals surface area (Å²) >= 11 is 0. The molecule has 1 aromatic heterocycles. The number of nitrogens with zero attached hydrogens (tertiary/aromatic N) is 3. The van der Waals surface area contributed by atoms with E-state index in [0.717, 1.165) is 24.3 Å². The second-order valence-corrected chi connectivity index (χ2v) is 8.81. The van der Waals surface area contributed by atoms with Gasteiger partial charge in [-0.1, -0.05) is 0 Å². The molecule has 164 valence electrons. The molecule has 3 rings (SSSR count). The Bertz CT molecular complexity index is 1010. The predicted octanol–water partition coefficient (Wildman–Crippen LogP) is 3.37. The molecular formula is C19H21ClF3N3O3S. The molecule has 0 bridgehead atoms. The molecule has 6 nitrogen and oxygen atoms in total. The first-order valence-electron chi connectivity index (χ1n) is 8.92. The zero-order valence-corrected chi connectivity index (χ0v) is 17.9. The number of amides is 1. The van der Waals surface area contributed by atoms with Gasteiger partial charge >= 0.3 is 6.18 Å². The number of hydrogen-bond donors (Lipinski definition) is 0. The molecule has 30 heavy (non-hydrogen) atoms. The second-order valence-electron chi connectivity index (χ2n) is 6.87. The summed E-state index contributed by atoms with van der Waals surface area (Å²) in [5.41, 5.74) is 0.134. The van der Waals surface area contributed by atoms with Gasteiger partial charge in [0.1, 0.15) is 0 Å². The highest BCUT2D eigenvalue weighted by Gasteiger charge is 2.36. The molecule has 0 N–H and O–H groups in total. The van der Waals surface area contributed by atoms with Crippen LogP contribution >= 0.6 is 12.4 Å². The standard InChI is InChI=1S/C19H20F3N3O3S.ClH/c1-13-12-24(10-11-25(13)18(26)17-4-3-9-23-14(17)2)29(27,28)16-7-5-15(6-8-16)19(20,21)22;/h3-9,13H,10-12H2,1-2H3;1H. The number of carbonyl (C=O) groups excluding carboxylic acids is 1. The molecule has 1 fully saturated rings. The number of pyridine rings is 1. The van der Waals surface area contributed by atoms with Crippen LogP contribution in [0.1, 0.15) is 28.5 Å². The van der Waals surface area contributed by atoms with Gasteiger partial charge in [0.25, 0.3) is 5.91 Å². The van der Waals surface area contributed by atoms with Gasteiger partial charge in [0.15, 0.2) is 0 Å². The third-order valence-electron chi connectivity index (χ3n) is 4.91. The molecule has 2 heterocycles. The van der Waals surface area contributed by atoms with Crippen molar-refractivity contribution in [3.8, 4) is 0 Å². The van der Waals surface area contributed by atoms with E-state index in [9.17, 15) is 26.4 Å². The number of benzene rings is 1. The molecule has 0 radical (unpaired) electrons. The van der Waals surface area contributed by atoms with E-state index in [4.69, 9.17) is 0 Å². The first-order valence-corrected chi connectivity index (χ1v) is 10.4. The Balaban J connectivity index is 0.00000320. The van der Waals surface area contributed by atoms with Crippen LogP contribution in [0.15, 0.2) is 47.5 Å². The first kappa shape index (κ1) is 24.1. The van der Waals surface area contributed by atoms with Crippen LogP contribution in [0, 0.1) is 6.92 Å². The quantitative estimate of drug-likeness (QED) is 0.699. The van der Waals surface area contributed by atoms with E-state index in [0.29, 0.717) is 11.3 Å². The third kappa shape index (κ3) is 4.76. The summed E-state index contributed by atoms with van der Waals surface area (Å²) in [6, 6.07) is 6.35. The van der Waals surface area contributed by atoms with E-state index >= 15 is 0 Å². The SMILES string of the molecule is Cc1ncccc1C(=O)N1CCN(S(=O)(=O)c2ccc(C(F)(F)F)cc2)CC1C.Cl. The summed E-state index contributed by atoms with van der Waals surface area (Å²) in [7, 11) is -3.96. The van der Waals surface area contributed by atoms with Crippen LogP contribution in [0.5, 0.6) is 0 Å². The number of rotatable bonds is 3. The highest BCUT2D eigenvalue weighted by molar-refractivity contribution is 7.89. The molecule has 0 saturated carbocycles. The summed E-state index contributed by atoms with van der Waals surface area (Å²) in [6.45, 7) is 3.74. The molecule has 2 aromatic rings. The minimum atomic E-state index is -4.53. The fourth-order valence-electron chi connectivity index (χ4n) is 3.27. The number of alkyl halides is 3. The van der Waals surface area contributed by atoms with E-state index in [1.165, 1.54) is 4.31 Å². The van der Waals surface area contributed by atoms with E-state index in [1.54, 1.807) is 37.1 Å². The fraction of sp³-hybridized carbons (Fsp3) is 0.368. The van der Waals surface area contributed by atoms with E-state index in [-0.39, 0.29) is 42.8 Å². The van der Waals surface area contributed by atoms with Crippen LogP contribution < -0.4 is 0 Å². The highest BCUT2D eigenvalue weighted by atomic mass is 35.5. The van der Waals surface area contributed by atoms with Gasteiger partial charge in [0.2, 0.25) is 10.0 Å². The lowest BCUT2D eigenvalue weighted by Crippen LogP contribution is -2.55. The molecule has 1 aromatic carbocycles. The fourth-order valence-corrected chi connectivity index (χ4v) is 4.79. The van der Waals surface area contributed by atoms with Crippen molar-refractivity contribution in [1.82, 2.24) is 14.2 Å². The number of halogens is 4. The molecule has 1 atom stereocenters. The maximum Gasteiger partial charge on any atom is 0.416 e. The summed E-state index contributed by atoms with van der Waals surface area (Å²) in [5, 5.41) is 0. The van der Waals surface area contributed by atoms with Crippen molar-refractivity contribution in [1.29, 1.82) is 0 Å². The Morgan fingerprint density at radius 1 is 1.13 bits per heavy atom. The van der Waals surface area contributed by atoms with Crippen molar-refractivity contribution in [2.75, 3.05) is 19.6 Å². The summed E-state index contributed by atoms with van der Waals surface area (Å²) in [4.78, 5) is 18.3. The van der Waals surface area contributed by atoms with Gasteiger partial charge in [-0.2, -0.15) is 17.5 Å². The molecule has 0 aliphatic carbocycles. The van der Waals surface area contributed by atoms with E-state index in [1.807, 2.05) is 0 Å². The summed E-state index contributed by atoms with van der Waals surface area (Å²) in [5.74, 6) is -0.227. The number of carbonyl (C=O) groups is 1. The summed E-state index contributed by atoms with van der Waals surface area (Å²) in [6.07, 6.45) is -2.95. The first-order chi connectivity index (χ1) is 13.5. The zero-order valence-electron chi connectivity index (χ0n) is 16.3. The number of piperazine rings is 1. The van der Waals surface area contributed by atoms with Gasteiger partial charge in [-0.25, -0.2) is 8.42 Å². The molecule has 1 aliphatic heterocycles. The van der Waals surface area contributed by atoms with Crippen LogP contribution in [-0.4, -0.2) is 54.2 Å². The molecule has 1 unspecified atom stereocenters. The maximum atomic E-state index is 12.8. The number of hydrogen-bond acceptors (Lipinski definition) is 4. The lowest BCUT2D eigenvalue weighted by molar-refractivity contribution is -0.137. The van der Waals surface area contributed by atoms with Crippen LogP contribution in [-0.2, 0) is 16.2 Å². The Morgan fingerprint density at radius 3 is 2.30 bits per heavy atom. The largest absolute Gasteiger partial charge is 0.416 e. The zero-order chi connectivity index (χ0) is 21.4. The van der Waals surface area contributed by atoms with Crippen molar-refractivity contribution in [3.05, 3.63) is 59.4 Å². The Kier molecular flexibility index (Phi) is 7.16. The number of aromatic nitrogens is 1. The van der Waals surface area contributed by atoms with Gasteiger partial charge in [0.05, 0.1) is 16.0 Å². The molecule has 1 amide bonds. The molecule has 0 spiro atoms. The molecular weight excluding hydrogens is 443 g/mol. The van der Waals surface area contributed by atoms with Crippen LogP contribution in [0.25, 0.3) is 0 Å². The predicted molar refractivity (Wildman–Crippen MR) is 107 cm³/mol. The van der Waals surface area contributed by atoms with Crippen molar-refractivity contribution in [2.24, 2.45) is 0 Å². The molecule has 1 aliphatic rings. The number of aryl methyl sites for hydroxylation is 1. The highest BCUT2D eigenvalue weighted by Crippen LogP contribution is 2.30. The molecule has 11 heteroatoms. The van der Waals surface area contributed by atoms with Gasteiger partial charge in [0, 0.05) is 37.6 Å². The van der Waals surface area contributed by atoms with Gasteiger partial charge in [-0.3, -0.25) is 9.78 Å². The van der Waals surface area contributed by atoms with Crippen LogP contribution in [0.3, 0.4) is 0 Å². The summed E-state index contributed by atoms with van der Waals surface area (Å²) < 4.78 is 65.0. The van der Waals surface area contributed by atoms with Gasteiger partial charge in [-0.05, 0) is 50.2 Å². The van der Waals surface area contributed by atoms with E-state index in [2.05, 4.69) is 4.98 Å². The average Bonchev–Trinajstić information content (AvgIpc) is 2.67. The number of sulfonamides is 1. The van der Waals surface area contributed by atoms with Gasteiger partial charge < -0.3 is 4.90 Å². The normalized spacial score (nSPS) is 18.0. The van der Waals surface area contributed by atoms with Crippen LogP contribution in [0.2, 0.25) is 0 Å². The average molecular weight is 464 g/mol. The lowest BCUT2D eigenvalue weighted by atomic mass is 10.1. The van der Waals surface area contributed by atoms with Crippen molar-refractivity contribution >= 4 is 28.3 Å². The van der Waals surface area contributed by atoms with Crippen molar-refractivity contribution in [2.45, 2.75) is 31.0 Å². The van der Waals surface area contributed by atoms with Crippen molar-refractivity contribution < 1.29 is 26.4 Å². The lowest BCUT2D eigenvalue weighted by Gasteiger charge is -2.39. The maximum absolute atomic E-state index is 12.8.